The van der Waals surface area contributed by atoms with Gasteiger partial charge in [-0.2, -0.15) is 13.2 Å². The highest BCUT2D eigenvalue weighted by Gasteiger charge is 2.43. The van der Waals surface area contributed by atoms with Crippen LogP contribution >= 0.6 is 11.3 Å². The Balaban J connectivity index is 1.73. The fourth-order valence-electron chi connectivity index (χ4n) is 2.53. The molecule has 140 valence electrons. The molecule has 0 spiro atoms. The highest BCUT2D eigenvalue weighted by Crippen LogP contribution is 2.24. The van der Waals surface area contributed by atoms with Crippen molar-refractivity contribution >= 4 is 23.2 Å². The Kier molecular flexibility index (Phi) is 7.21. The second-order valence-electron chi connectivity index (χ2n) is 5.63. The fourth-order valence-corrected chi connectivity index (χ4v) is 3.17. The van der Waals surface area contributed by atoms with E-state index in [2.05, 4.69) is 16.0 Å². The van der Waals surface area contributed by atoms with Crippen LogP contribution in [0.15, 0.2) is 17.5 Å². The van der Waals surface area contributed by atoms with Gasteiger partial charge in [0.1, 0.15) is 6.04 Å². The van der Waals surface area contributed by atoms with Gasteiger partial charge in [0.25, 0.3) is 5.91 Å². The molecular weight excluding hydrogens is 357 g/mol. The number of halogens is 3. The van der Waals surface area contributed by atoms with Crippen molar-refractivity contribution in [2.75, 3.05) is 39.3 Å². The van der Waals surface area contributed by atoms with Crippen LogP contribution in [0.25, 0.3) is 0 Å². The van der Waals surface area contributed by atoms with Gasteiger partial charge in [0, 0.05) is 45.7 Å². The first-order valence-corrected chi connectivity index (χ1v) is 8.86. The Bertz CT molecular complexity index is 560. The minimum atomic E-state index is -4.40. The number of carbonyl (C=O) groups is 2. The molecule has 2 heterocycles. The van der Waals surface area contributed by atoms with Crippen LogP contribution in [0.1, 0.15) is 16.1 Å². The summed E-state index contributed by atoms with van der Waals surface area (Å²) in [6, 6.07) is 1.69. The molecule has 1 saturated heterocycles. The summed E-state index contributed by atoms with van der Waals surface area (Å²) in [4.78, 5) is 25.3. The van der Waals surface area contributed by atoms with Crippen LogP contribution in [0.4, 0.5) is 13.2 Å². The van der Waals surface area contributed by atoms with Gasteiger partial charge in [-0.15, -0.1) is 11.3 Å². The smallest absolute Gasteiger partial charge is 0.354 e. The molecule has 1 fully saturated rings. The normalized spacial score (nSPS) is 17.1. The maximum absolute atomic E-state index is 13.2. The molecule has 0 radical (unpaired) electrons. The van der Waals surface area contributed by atoms with Gasteiger partial charge in [0.15, 0.2) is 0 Å². The van der Waals surface area contributed by atoms with E-state index in [1.165, 1.54) is 16.2 Å². The van der Waals surface area contributed by atoms with E-state index < -0.39 is 24.7 Å². The van der Waals surface area contributed by atoms with Crippen molar-refractivity contribution in [3.8, 4) is 0 Å². The number of thiophene rings is 1. The molecule has 3 N–H and O–H groups in total. The van der Waals surface area contributed by atoms with Crippen molar-refractivity contribution in [2.45, 2.75) is 18.6 Å². The molecule has 6 nitrogen and oxygen atoms in total. The lowest BCUT2D eigenvalue weighted by atomic mass is 10.2. The van der Waals surface area contributed by atoms with Crippen LogP contribution in [-0.4, -0.2) is 68.2 Å². The van der Waals surface area contributed by atoms with Gasteiger partial charge in [-0.1, -0.05) is 6.07 Å². The zero-order chi connectivity index (χ0) is 18.3. The summed E-state index contributed by atoms with van der Waals surface area (Å²) in [5.74, 6) is -0.812. The van der Waals surface area contributed by atoms with Crippen LogP contribution < -0.4 is 16.0 Å². The van der Waals surface area contributed by atoms with E-state index in [0.717, 1.165) is 0 Å². The predicted octanol–water partition coefficient (Wildman–Crippen LogP) is 0.820. The first-order chi connectivity index (χ1) is 11.9. The number of alkyl halides is 3. The molecule has 1 aromatic heterocycles. The molecule has 2 rings (SSSR count). The second kappa shape index (κ2) is 9.16. The third kappa shape index (κ3) is 6.29. The summed E-state index contributed by atoms with van der Waals surface area (Å²) in [5.41, 5.74) is 0. The standard InChI is InChI=1S/C15H21F3N4O2S/c16-15(17,18)12(22-7-5-19-6-8-22)10-21-13(23)3-4-20-14(24)11-2-1-9-25-11/h1-2,9,12,19H,3-8,10H2,(H,20,24)(H,21,23). The summed E-state index contributed by atoms with van der Waals surface area (Å²) in [5, 5.41) is 9.65. The third-order valence-electron chi connectivity index (χ3n) is 3.85. The number of rotatable bonds is 7. The van der Waals surface area contributed by atoms with E-state index in [0.29, 0.717) is 18.0 Å². The number of nitrogens with zero attached hydrogens (tertiary/aromatic N) is 1. The van der Waals surface area contributed by atoms with Crippen LogP contribution in [0.3, 0.4) is 0 Å². The lowest BCUT2D eigenvalue weighted by molar-refractivity contribution is -0.184. The Morgan fingerprint density at radius 2 is 2.00 bits per heavy atom. The Hall–Kier alpha value is -1.65. The first kappa shape index (κ1) is 19.7. The topological polar surface area (TPSA) is 73.5 Å². The van der Waals surface area contributed by atoms with Crippen molar-refractivity contribution in [2.24, 2.45) is 0 Å². The number of hydrogen-bond donors (Lipinski definition) is 3. The van der Waals surface area contributed by atoms with Crippen molar-refractivity contribution in [3.05, 3.63) is 22.4 Å². The van der Waals surface area contributed by atoms with Gasteiger partial charge in [-0.3, -0.25) is 14.5 Å². The molecule has 1 unspecified atom stereocenters. The largest absolute Gasteiger partial charge is 0.405 e. The van der Waals surface area contributed by atoms with Gasteiger partial charge in [-0.05, 0) is 11.4 Å². The molecule has 1 aromatic rings. The Morgan fingerprint density at radius 1 is 1.28 bits per heavy atom. The minimum absolute atomic E-state index is 0.0662. The zero-order valence-electron chi connectivity index (χ0n) is 13.6. The van der Waals surface area contributed by atoms with E-state index in [-0.39, 0.29) is 32.0 Å². The quantitative estimate of drug-likeness (QED) is 0.657. The van der Waals surface area contributed by atoms with Crippen LogP contribution in [0.5, 0.6) is 0 Å². The molecule has 0 saturated carbocycles. The van der Waals surface area contributed by atoms with E-state index in [1.807, 2.05) is 0 Å². The summed E-state index contributed by atoms with van der Waals surface area (Å²) in [6.45, 7) is 1.16. The van der Waals surface area contributed by atoms with Crippen molar-refractivity contribution in [1.82, 2.24) is 20.9 Å². The van der Waals surface area contributed by atoms with E-state index in [1.54, 1.807) is 17.5 Å². The first-order valence-electron chi connectivity index (χ1n) is 7.98. The van der Waals surface area contributed by atoms with Gasteiger partial charge < -0.3 is 16.0 Å². The fraction of sp³-hybridized carbons (Fsp3) is 0.600. The zero-order valence-corrected chi connectivity index (χ0v) is 14.4. The number of amides is 2. The van der Waals surface area contributed by atoms with Gasteiger partial charge in [0.2, 0.25) is 5.91 Å². The lowest BCUT2D eigenvalue weighted by Crippen LogP contribution is -2.57. The van der Waals surface area contributed by atoms with E-state index in [9.17, 15) is 22.8 Å². The summed E-state index contributed by atoms with van der Waals surface area (Å²) < 4.78 is 39.6. The molecule has 2 amide bonds. The molecular formula is C15H21F3N4O2S. The number of hydrogen-bond acceptors (Lipinski definition) is 5. The Labute approximate surface area is 147 Å². The number of carbonyl (C=O) groups excluding carboxylic acids is 2. The SMILES string of the molecule is O=C(CCNC(=O)c1cccs1)NCC(N1CCNCC1)C(F)(F)F. The van der Waals surface area contributed by atoms with Gasteiger partial charge in [-0.25, -0.2) is 0 Å². The Morgan fingerprint density at radius 3 is 2.60 bits per heavy atom. The summed E-state index contributed by atoms with van der Waals surface area (Å²) in [7, 11) is 0. The molecule has 1 aliphatic heterocycles. The monoisotopic (exact) mass is 378 g/mol. The molecule has 0 aliphatic carbocycles. The molecule has 0 bridgehead atoms. The average Bonchev–Trinajstić information content (AvgIpc) is 3.09. The number of piperazine rings is 1. The van der Waals surface area contributed by atoms with Crippen LogP contribution in [0.2, 0.25) is 0 Å². The maximum atomic E-state index is 13.2. The van der Waals surface area contributed by atoms with E-state index >= 15 is 0 Å². The highest BCUT2D eigenvalue weighted by molar-refractivity contribution is 7.12. The summed E-state index contributed by atoms with van der Waals surface area (Å²) in [6.07, 6.45) is -4.47. The molecule has 0 aromatic carbocycles. The molecule has 1 atom stereocenters. The molecule has 25 heavy (non-hydrogen) atoms. The second-order valence-corrected chi connectivity index (χ2v) is 6.58. The molecule has 10 heteroatoms. The summed E-state index contributed by atoms with van der Waals surface area (Å²) >= 11 is 1.27. The number of nitrogens with one attached hydrogen (secondary N) is 3. The highest BCUT2D eigenvalue weighted by atomic mass is 32.1. The van der Waals surface area contributed by atoms with Crippen molar-refractivity contribution < 1.29 is 22.8 Å². The predicted molar refractivity (Wildman–Crippen MR) is 88.6 cm³/mol. The van der Waals surface area contributed by atoms with Gasteiger partial charge >= 0.3 is 6.18 Å². The van der Waals surface area contributed by atoms with Crippen LogP contribution in [0, 0.1) is 0 Å². The maximum Gasteiger partial charge on any atom is 0.405 e. The van der Waals surface area contributed by atoms with Gasteiger partial charge in [0.05, 0.1) is 4.88 Å². The third-order valence-corrected chi connectivity index (χ3v) is 4.71. The van der Waals surface area contributed by atoms with Crippen molar-refractivity contribution in [3.63, 3.8) is 0 Å². The molecule has 1 aliphatic rings. The average molecular weight is 378 g/mol. The van der Waals surface area contributed by atoms with Crippen molar-refractivity contribution in [1.29, 1.82) is 0 Å². The minimum Gasteiger partial charge on any atom is -0.354 e. The van der Waals surface area contributed by atoms with Crippen LogP contribution in [-0.2, 0) is 4.79 Å². The lowest BCUT2D eigenvalue weighted by Gasteiger charge is -2.35. The van der Waals surface area contributed by atoms with E-state index in [4.69, 9.17) is 0 Å².